The molecule has 0 saturated heterocycles. The van der Waals surface area contributed by atoms with Crippen LogP contribution in [0.25, 0.3) is 0 Å². The SMILES string of the molecule is Oc1cc(OCc2ccccc2)ccc1F. The zero-order valence-corrected chi connectivity index (χ0v) is 8.56. The summed E-state index contributed by atoms with van der Waals surface area (Å²) in [6, 6.07) is 13.5. The largest absolute Gasteiger partial charge is 0.505 e. The molecule has 0 fully saturated rings. The van der Waals surface area contributed by atoms with Gasteiger partial charge in [-0.05, 0) is 17.7 Å². The number of hydrogen-bond acceptors (Lipinski definition) is 2. The van der Waals surface area contributed by atoms with E-state index in [0.717, 1.165) is 5.56 Å². The molecule has 0 amide bonds. The van der Waals surface area contributed by atoms with Gasteiger partial charge in [0.15, 0.2) is 11.6 Å². The van der Waals surface area contributed by atoms with E-state index in [4.69, 9.17) is 9.84 Å². The van der Waals surface area contributed by atoms with Gasteiger partial charge in [0.05, 0.1) is 0 Å². The first-order chi connectivity index (χ1) is 7.75. The molecule has 0 unspecified atom stereocenters. The summed E-state index contributed by atoms with van der Waals surface area (Å²) in [6.07, 6.45) is 0. The predicted octanol–water partition coefficient (Wildman–Crippen LogP) is 3.11. The van der Waals surface area contributed by atoms with Gasteiger partial charge in [-0.15, -0.1) is 0 Å². The standard InChI is InChI=1S/C13H11FO2/c14-12-7-6-11(8-13(12)15)16-9-10-4-2-1-3-5-10/h1-8,15H,9H2. The number of ether oxygens (including phenoxy) is 1. The van der Waals surface area contributed by atoms with Gasteiger partial charge in [-0.25, -0.2) is 4.39 Å². The molecule has 3 heteroatoms. The van der Waals surface area contributed by atoms with Crippen LogP contribution in [-0.4, -0.2) is 5.11 Å². The highest BCUT2D eigenvalue weighted by molar-refractivity contribution is 5.33. The Balaban J connectivity index is 2.03. The maximum Gasteiger partial charge on any atom is 0.165 e. The molecule has 0 aliphatic heterocycles. The van der Waals surface area contributed by atoms with Gasteiger partial charge < -0.3 is 9.84 Å². The van der Waals surface area contributed by atoms with Gasteiger partial charge in [-0.2, -0.15) is 0 Å². The lowest BCUT2D eigenvalue weighted by atomic mass is 10.2. The monoisotopic (exact) mass is 218 g/mol. The molecule has 0 spiro atoms. The molecule has 0 saturated carbocycles. The van der Waals surface area contributed by atoms with E-state index in [1.807, 2.05) is 30.3 Å². The second-order valence-electron chi connectivity index (χ2n) is 3.39. The minimum atomic E-state index is -0.646. The van der Waals surface area contributed by atoms with E-state index in [2.05, 4.69) is 0 Å². The van der Waals surface area contributed by atoms with Crippen molar-refractivity contribution in [2.45, 2.75) is 6.61 Å². The molecule has 1 N–H and O–H groups in total. The molecule has 0 aliphatic carbocycles. The number of phenolic OH excluding ortho intramolecular Hbond substituents is 1. The fourth-order valence-corrected chi connectivity index (χ4v) is 1.32. The zero-order valence-electron chi connectivity index (χ0n) is 8.56. The fourth-order valence-electron chi connectivity index (χ4n) is 1.32. The zero-order chi connectivity index (χ0) is 11.4. The highest BCUT2D eigenvalue weighted by Crippen LogP contribution is 2.22. The Kier molecular flexibility index (Phi) is 3.05. The van der Waals surface area contributed by atoms with Crippen LogP contribution in [0.5, 0.6) is 11.5 Å². The lowest BCUT2D eigenvalue weighted by Crippen LogP contribution is -1.94. The first-order valence-corrected chi connectivity index (χ1v) is 4.91. The van der Waals surface area contributed by atoms with Crippen molar-refractivity contribution in [1.82, 2.24) is 0 Å². The van der Waals surface area contributed by atoms with Crippen molar-refractivity contribution >= 4 is 0 Å². The molecule has 0 bridgehead atoms. The van der Waals surface area contributed by atoms with E-state index in [9.17, 15) is 4.39 Å². The molecular formula is C13H11FO2. The second kappa shape index (κ2) is 4.66. The van der Waals surface area contributed by atoms with Gasteiger partial charge in [0.25, 0.3) is 0 Å². The van der Waals surface area contributed by atoms with Crippen LogP contribution < -0.4 is 4.74 Å². The topological polar surface area (TPSA) is 29.5 Å². The van der Waals surface area contributed by atoms with Crippen LogP contribution in [0.2, 0.25) is 0 Å². The fraction of sp³-hybridized carbons (Fsp3) is 0.0769. The molecule has 0 aliphatic rings. The Bertz CT molecular complexity index is 469. The van der Waals surface area contributed by atoms with Gasteiger partial charge in [-0.3, -0.25) is 0 Å². The number of hydrogen-bond donors (Lipinski definition) is 1. The number of aromatic hydroxyl groups is 1. The van der Waals surface area contributed by atoms with Gasteiger partial charge in [0.2, 0.25) is 0 Å². The van der Waals surface area contributed by atoms with Gasteiger partial charge >= 0.3 is 0 Å². The number of phenols is 1. The molecule has 2 nitrogen and oxygen atoms in total. The number of benzene rings is 2. The van der Waals surface area contributed by atoms with E-state index in [1.165, 1.54) is 18.2 Å². The number of rotatable bonds is 3. The van der Waals surface area contributed by atoms with E-state index >= 15 is 0 Å². The van der Waals surface area contributed by atoms with Crippen molar-refractivity contribution < 1.29 is 14.2 Å². The summed E-state index contributed by atoms with van der Waals surface area (Å²) in [7, 11) is 0. The summed E-state index contributed by atoms with van der Waals surface area (Å²) in [5, 5.41) is 9.14. The molecule has 0 heterocycles. The Morgan fingerprint density at radius 1 is 1.06 bits per heavy atom. The highest BCUT2D eigenvalue weighted by atomic mass is 19.1. The smallest absolute Gasteiger partial charge is 0.165 e. The summed E-state index contributed by atoms with van der Waals surface area (Å²) in [6.45, 7) is 0.395. The maximum atomic E-state index is 12.8. The quantitative estimate of drug-likeness (QED) is 0.857. The van der Waals surface area contributed by atoms with E-state index in [-0.39, 0.29) is 0 Å². The average molecular weight is 218 g/mol. The van der Waals surface area contributed by atoms with Crippen molar-refractivity contribution in [3.05, 3.63) is 59.9 Å². The molecule has 2 aromatic rings. The van der Waals surface area contributed by atoms with Crippen molar-refractivity contribution in [1.29, 1.82) is 0 Å². The van der Waals surface area contributed by atoms with Crippen molar-refractivity contribution in [2.75, 3.05) is 0 Å². The molecular weight excluding hydrogens is 207 g/mol. The Hall–Kier alpha value is -2.03. The maximum absolute atomic E-state index is 12.8. The predicted molar refractivity (Wildman–Crippen MR) is 58.8 cm³/mol. The van der Waals surface area contributed by atoms with Gasteiger partial charge in [0.1, 0.15) is 12.4 Å². The third-order valence-corrected chi connectivity index (χ3v) is 2.17. The summed E-state index contributed by atoms with van der Waals surface area (Å²) >= 11 is 0. The van der Waals surface area contributed by atoms with Crippen molar-refractivity contribution in [3.63, 3.8) is 0 Å². The summed E-state index contributed by atoms with van der Waals surface area (Å²) in [4.78, 5) is 0. The number of halogens is 1. The summed E-state index contributed by atoms with van der Waals surface area (Å²) in [5.74, 6) is -0.597. The molecule has 2 rings (SSSR count). The third kappa shape index (κ3) is 2.51. The van der Waals surface area contributed by atoms with Crippen LogP contribution in [-0.2, 0) is 6.61 Å². The Labute approximate surface area is 92.9 Å². The minimum Gasteiger partial charge on any atom is -0.505 e. The molecule has 82 valence electrons. The lowest BCUT2D eigenvalue weighted by Gasteiger charge is -2.06. The van der Waals surface area contributed by atoms with Crippen LogP contribution in [0.4, 0.5) is 4.39 Å². The van der Waals surface area contributed by atoms with E-state index < -0.39 is 11.6 Å². The second-order valence-corrected chi connectivity index (χ2v) is 3.39. The first-order valence-electron chi connectivity index (χ1n) is 4.91. The summed E-state index contributed by atoms with van der Waals surface area (Å²) < 4.78 is 18.2. The van der Waals surface area contributed by atoms with E-state index in [1.54, 1.807) is 0 Å². The summed E-state index contributed by atoms with van der Waals surface area (Å²) in [5.41, 5.74) is 1.02. The van der Waals surface area contributed by atoms with Crippen molar-refractivity contribution in [2.24, 2.45) is 0 Å². The van der Waals surface area contributed by atoms with Crippen LogP contribution in [0, 0.1) is 5.82 Å². The average Bonchev–Trinajstić information content (AvgIpc) is 2.32. The van der Waals surface area contributed by atoms with Crippen LogP contribution in [0.3, 0.4) is 0 Å². The van der Waals surface area contributed by atoms with Crippen molar-refractivity contribution in [3.8, 4) is 11.5 Å². The van der Waals surface area contributed by atoms with Gasteiger partial charge in [0, 0.05) is 6.07 Å². The van der Waals surface area contributed by atoms with Crippen LogP contribution >= 0.6 is 0 Å². The third-order valence-electron chi connectivity index (χ3n) is 2.17. The Morgan fingerprint density at radius 3 is 2.50 bits per heavy atom. The molecule has 2 aromatic carbocycles. The van der Waals surface area contributed by atoms with Gasteiger partial charge in [-0.1, -0.05) is 30.3 Å². The lowest BCUT2D eigenvalue weighted by molar-refractivity contribution is 0.303. The molecule has 0 radical (unpaired) electrons. The normalized spacial score (nSPS) is 10.1. The Morgan fingerprint density at radius 2 is 1.81 bits per heavy atom. The molecule has 16 heavy (non-hydrogen) atoms. The van der Waals surface area contributed by atoms with Crippen LogP contribution in [0.1, 0.15) is 5.56 Å². The minimum absolute atomic E-state index is 0.395. The molecule has 0 atom stereocenters. The van der Waals surface area contributed by atoms with E-state index in [0.29, 0.717) is 12.4 Å². The first kappa shape index (κ1) is 10.5. The van der Waals surface area contributed by atoms with Crippen LogP contribution in [0.15, 0.2) is 48.5 Å². The highest BCUT2D eigenvalue weighted by Gasteiger charge is 2.02. The molecule has 0 aromatic heterocycles.